The van der Waals surface area contributed by atoms with E-state index in [2.05, 4.69) is 164 Å². The lowest BCUT2D eigenvalue weighted by atomic mass is 9.92. The fourth-order valence-electron chi connectivity index (χ4n) is 7.43. The SMILES string of the molecule is c1ccc(-c2cc(-c3cc(-c4cccc(-c5ccc6ccccc6c5)c4)nc(-c4ccccc4)n3)cc(-c3cccc4oc5ccccc5c34)c2)cc1. The predicted molar refractivity (Wildman–Crippen MR) is 219 cm³/mol. The number of furan rings is 1. The van der Waals surface area contributed by atoms with Crippen molar-refractivity contribution in [1.29, 1.82) is 0 Å². The Kier molecular flexibility index (Phi) is 7.47. The summed E-state index contributed by atoms with van der Waals surface area (Å²) in [5, 5.41) is 4.67. The molecule has 3 heteroatoms. The average molecular weight is 677 g/mol. The van der Waals surface area contributed by atoms with Crippen LogP contribution in [0.1, 0.15) is 0 Å². The Morgan fingerprint density at radius 1 is 0.321 bits per heavy atom. The molecule has 0 bridgehead atoms. The van der Waals surface area contributed by atoms with Crippen LogP contribution in [0, 0.1) is 0 Å². The molecule has 2 aromatic heterocycles. The summed E-state index contributed by atoms with van der Waals surface area (Å²) >= 11 is 0. The molecule has 0 spiro atoms. The minimum Gasteiger partial charge on any atom is -0.456 e. The van der Waals surface area contributed by atoms with Crippen LogP contribution in [0.5, 0.6) is 0 Å². The molecule has 10 aromatic rings. The number of rotatable bonds is 6. The Balaban J connectivity index is 1.18. The first-order valence-electron chi connectivity index (χ1n) is 17.9. The third-order valence-corrected chi connectivity index (χ3v) is 10.0. The van der Waals surface area contributed by atoms with E-state index >= 15 is 0 Å². The summed E-state index contributed by atoms with van der Waals surface area (Å²) < 4.78 is 6.32. The van der Waals surface area contributed by atoms with Gasteiger partial charge in [0, 0.05) is 27.5 Å². The first-order valence-corrected chi connectivity index (χ1v) is 17.9. The van der Waals surface area contributed by atoms with Gasteiger partial charge in [0.2, 0.25) is 0 Å². The molecular weight excluding hydrogens is 645 g/mol. The normalized spacial score (nSPS) is 11.4. The van der Waals surface area contributed by atoms with Gasteiger partial charge in [-0.1, -0.05) is 146 Å². The highest BCUT2D eigenvalue weighted by Crippen LogP contribution is 2.40. The van der Waals surface area contributed by atoms with Crippen LogP contribution >= 0.6 is 0 Å². The van der Waals surface area contributed by atoms with Crippen molar-refractivity contribution in [3.63, 3.8) is 0 Å². The topological polar surface area (TPSA) is 38.9 Å². The van der Waals surface area contributed by atoms with Crippen LogP contribution in [0.4, 0.5) is 0 Å². The maximum Gasteiger partial charge on any atom is 0.160 e. The summed E-state index contributed by atoms with van der Waals surface area (Å²) in [6, 6.07) is 68.1. The van der Waals surface area contributed by atoms with Crippen molar-refractivity contribution in [1.82, 2.24) is 9.97 Å². The van der Waals surface area contributed by atoms with Gasteiger partial charge in [0.25, 0.3) is 0 Å². The van der Waals surface area contributed by atoms with Crippen LogP contribution in [0.2, 0.25) is 0 Å². The maximum absolute atomic E-state index is 6.32. The molecule has 0 saturated heterocycles. The molecule has 0 aliphatic carbocycles. The lowest BCUT2D eigenvalue weighted by molar-refractivity contribution is 0.669. The van der Waals surface area contributed by atoms with Gasteiger partial charge in [0.1, 0.15) is 11.2 Å². The van der Waals surface area contributed by atoms with Crippen molar-refractivity contribution in [3.8, 4) is 67.3 Å². The van der Waals surface area contributed by atoms with Crippen molar-refractivity contribution >= 4 is 32.7 Å². The largest absolute Gasteiger partial charge is 0.456 e. The van der Waals surface area contributed by atoms with Crippen molar-refractivity contribution < 1.29 is 4.42 Å². The first-order chi connectivity index (χ1) is 26.2. The molecular formula is C50H32N2O. The zero-order chi connectivity index (χ0) is 35.1. The quantitative estimate of drug-likeness (QED) is 0.176. The van der Waals surface area contributed by atoms with Gasteiger partial charge < -0.3 is 4.42 Å². The number of nitrogens with zero attached hydrogens (tertiary/aromatic N) is 2. The van der Waals surface area contributed by atoms with Crippen LogP contribution in [0.3, 0.4) is 0 Å². The Hall–Kier alpha value is -7.10. The second-order valence-corrected chi connectivity index (χ2v) is 13.4. The van der Waals surface area contributed by atoms with Crippen LogP contribution in [-0.2, 0) is 0 Å². The van der Waals surface area contributed by atoms with E-state index in [0.29, 0.717) is 5.82 Å². The number of fused-ring (bicyclic) bond motifs is 4. The zero-order valence-electron chi connectivity index (χ0n) is 28.8. The molecule has 53 heavy (non-hydrogen) atoms. The molecule has 0 saturated carbocycles. The molecule has 0 amide bonds. The first kappa shape index (κ1) is 30.7. The van der Waals surface area contributed by atoms with Gasteiger partial charge in [0.15, 0.2) is 5.82 Å². The van der Waals surface area contributed by atoms with E-state index in [9.17, 15) is 0 Å². The molecule has 0 aliphatic rings. The van der Waals surface area contributed by atoms with E-state index in [1.165, 1.54) is 16.3 Å². The number of hydrogen-bond donors (Lipinski definition) is 0. The lowest BCUT2D eigenvalue weighted by Gasteiger charge is -2.14. The second kappa shape index (κ2) is 12.9. The predicted octanol–water partition coefficient (Wildman–Crippen LogP) is 13.5. The molecule has 248 valence electrons. The maximum atomic E-state index is 6.32. The molecule has 3 nitrogen and oxygen atoms in total. The lowest BCUT2D eigenvalue weighted by Crippen LogP contribution is -1.97. The molecule has 0 N–H and O–H groups in total. The summed E-state index contributed by atoms with van der Waals surface area (Å²) in [4.78, 5) is 10.4. The van der Waals surface area contributed by atoms with Crippen molar-refractivity contribution in [2.75, 3.05) is 0 Å². The van der Waals surface area contributed by atoms with Gasteiger partial charge in [-0.3, -0.25) is 0 Å². The highest BCUT2D eigenvalue weighted by molar-refractivity contribution is 6.12. The van der Waals surface area contributed by atoms with E-state index in [1.807, 2.05) is 30.3 Å². The van der Waals surface area contributed by atoms with E-state index in [-0.39, 0.29) is 0 Å². The van der Waals surface area contributed by atoms with Gasteiger partial charge in [-0.2, -0.15) is 0 Å². The molecule has 8 aromatic carbocycles. The molecule has 0 aliphatic heterocycles. The van der Waals surface area contributed by atoms with Gasteiger partial charge in [0.05, 0.1) is 11.4 Å². The summed E-state index contributed by atoms with van der Waals surface area (Å²) in [6.45, 7) is 0. The summed E-state index contributed by atoms with van der Waals surface area (Å²) in [7, 11) is 0. The standard InChI is InChI=1S/C50H32N2O/c1-3-13-33(14-4-1)40-29-41(43-22-12-24-48-49(43)44-21-9-10-23-47(44)53-48)31-42(30-40)46-32-45(51-50(52-46)35-16-5-2-6-17-35)39-20-11-19-37(28-39)38-26-25-34-15-7-8-18-36(34)27-38/h1-32H. The molecule has 0 radical (unpaired) electrons. The Bertz CT molecular complexity index is 2950. The summed E-state index contributed by atoms with van der Waals surface area (Å²) in [6.07, 6.45) is 0. The monoisotopic (exact) mass is 676 g/mol. The van der Waals surface area contributed by atoms with Gasteiger partial charge in [-0.15, -0.1) is 0 Å². The van der Waals surface area contributed by atoms with Crippen LogP contribution in [-0.4, -0.2) is 9.97 Å². The fourth-order valence-corrected chi connectivity index (χ4v) is 7.43. The zero-order valence-corrected chi connectivity index (χ0v) is 28.8. The molecule has 10 rings (SSSR count). The van der Waals surface area contributed by atoms with Crippen molar-refractivity contribution in [3.05, 3.63) is 194 Å². The van der Waals surface area contributed by atoms with Crippen molar-refractivity contribution in [2.45, 2.75) is 0 Å². The molecule has 2 heterocycles. The molecule has 0 fully saturated rings. The van der Waals surface area contributed by atoms with E-state index in [0.717, 1.165) is 77.8 Å². The average Bonchev–Trinajstić information content (AvgIpc) is 3.63. The van der Waals surface area contributed by atoms with Crippen LogP contribution in [0.25, 0.3) is 100.0 Å². The molecule has 0 unspecified atom stereocenters. The van der Waals surface area contributed by atoms with E-state index < -0.39 is 0 Å². The minimum absolute atomic E-state index is 0.684. The van der Waals surface area contributed by atoms with Crippen LogP contribution < -0.4 is 0 Å². The van der Waals surface area contributed by atoms with E-state index in [4.69, 9.17) is 14.4 Å². The summed E-state index contributed by atoms with van der Waals surface area (Å²) in [5.41, 5.74) is 13.3. The number of benzene rings is 8. The Morgan fingerprint density at radius 2 is 0.906 bits per heavy atom. The molecule has 0 atom stereocenters. The number of hydrogen-bond acceptors (Lipinski definition) is 3. The van der Waals surface area contributed by atoms with Crippen molar-refractivity contribution in [2.24, 2.45) is 0 Å². The third kappa shape index (κ3) is 5.75. The third-order valence-electron chi connectivity index (χ3n) is 10.0. The van der Waals surface area contributed by atoms with E-state index in [1.54, 1.807) is 0 Å². The number of para-hydroxylation sites is 1. The fraction of sp³-hybridized carbons (Fsp3) is 0. The van der Waals surface area contributed by atoms with Gasteiger partial charge >= 0.3 is 0 Å². The Morgan fingerprint density at radius 3 is 1.75 bits per heavy atom. The summed E-state index contributed by atoms with van der Waals surface area (Å²) in [5.74, 6) is 0.684. The smallest absolute Gasteiger partial charge is 0.160 e. The Labute approximate surface area is 307 Å². The second-order valence-electron chi connectivity index (χ2n) is 13.4. The van der Waals surface area contributed by atoms with Gasteiger partial charge in [-0.05, 0) is 92.7 Å². The number of aromatic nitrogens is 2. The van der Waals surface area contributed by atoms with Gasteiger partial charge in [-0.25, -0.2) is 9.97 Å². The highest BCUT2D eigenvalue weighted by atomic mass is 16.3. The highest BCUT2D eigenvalue weighted by Gasteiger charge is 2.17. The minimum atomic E-state index is 0.684. The van der Waals surface area contributed by atoms with Crippen LogP contribution in [0.15, 0.2) is 199 Å².